The number of hydrogen-bond acceptors (Lipinski definition) is 4. The number of aromatic nitrogens is 2. The predicted octanol–water partition coefficient (Wildman–Crippen LogP) is 2.35. The van der Waals surface area contributed by atoms with Crippen molar-refractivity contribution in [3.63, 3.8) is 0 Å². The number of thioether (sulfide) groups is 1. The fraction of sp³-hybridized carbons (Fsp3) is 0.727. The number of nitrogens with one attached hydrogen (secondary N) is 1. The van der Waals surface area contributed by atoms with Crippen LogP contribution in [0, 0.1) is 6.92 Å². The quantitative estimate of drug-likeness (QED) is 0.804. The van der Waals surface area contributed by atoms with Crippen molar-refractivity contribution < 1.29 is 0 Å². The van der Waals surface area contributed by atoms with Gasteiger partial charge in [0.2, 0.25) is 0 Å². The molecule has 0 saturated heterocycles. The number of nitrogens with two attached hydrogens (primary N) is 1. The lowest BCUT2D eigenvalue weighted by Crippen LogP contribution is -2.16. The standard InChI is InChI=1S/C11H22N4S/c1-5-6-15-11(10(12)9(3)14-15)13-7-8(2)16-4/h8,13H,5-7,12H2,1-4H3. The van der Waals surface area contributed by atoms with Gasteiger partial charge >= 0.3 is 0 Å². The summed E-state index contributed by atoms with van der Waals surface area (Å²) in [5.41, 5.74) is 7.70. The Bertz CT molecular complexity index is 335. The lowest BCUT2D eigenvalue weighted by atomic mass is 10.3. The normalized spacial score (nSPS) is 12.8. The Morgan fingerprint density at radius 2 is 2.25 bits per heavy atom. The summed E-state index contributed by atoms with van der Waals surface area (Å²) >= 11 is 1.84. The molecule has 1 unspecified atom stereocenters. The smallest absolute Gasteiger partial charge is 0.148 e. The molecule has 4 nitrogen and oxygen atoms in total. The fourth-order valence-electron chi connectivity index (χ4n) is 1.48. The summed E-state index contributed by atoms with van der Waals surface area (Å²) in [7, 11) is 0. The summed E-state index contributed by atoms with van der Waals surface area (Å²) in [6.07, 6.45) is 3.18. The van der Waals surface area contributed by atoms with Crippen LogP contribution in [-0.4, -0.2) is 27.8 Å². The molecule has 1 aromatic rings. The van der Waals surface area contributed by atoms with Crippen molar-refractivity contribution in [3.8, 4) is 0 Å². The van der Waals surface area contributed by atoms with Gasteiger partial charge in [-0.25, -0.2) is 4.68 Å². The van der Waals surface area contributed by atoms with E-state index in [1.54, 1.807) is 0 Å². The van der Waals surface area contributed by atoms with Gasteiger partial charge in [0, 0.05) is 18.3 Å². The number of aryl methyl sites for hydroxylation is 2. The molecule has 0 aliphatic heterocycles. The Morgan fingerprint density at radius 1 is 1.56 bits per heavy atom. The van der Waals surface area contributed by atoms with E-state index < -0.39 is 0 Å². The summed E-state index contributed by atoms with van der Waals surface area (Å²) in [5, 5.41) is 8.39. The SMILES string of the molecule is CCCn1nc(C)c(N)c1NCC(C)SC. The molecule has 5 heteroatoms. The van der Waals surface area contributed by atoms with Gasteiger partial charge in [-0.1, -0.05) is 13.8 Å². The number of nitrogen functional groups attached to an aromatic ring is 1. The molecule has 0 aliphatic rings. The van der Waals surface area contributed by atoms with Crippen LogP contribution in [0.5, 0.6) is 0 Å². The minimum atomic E-state index is 0.574. The molecule has 0 saturated carbocycles. The molecule has 1 atom stereocenters. The van der Waals surface area contributed by atoms with Gasteiger partial charge in [0.15, 0.2) is 0 Å². The second-order valence-corrected chi connectivity index (χ2v) is 5.27. The third-order valence-corrected chi connectivity index (χ3v) is 3.54. The van der Waals surface area contributed by atoms with Crippen molar-refractivity contribution in [2.75, 3.05) is 23.9 Å². The minimum Gasteiger partial charge on any atom is -0.394 e. The lowest BCUT2D eigenvalue weighted by molar-refractivity contribution is 0.603. The Kier molecular flexibility index (Phi) is 4.99. The first-order valence-corrected chi connectivity index (χ1v) is 6.98. The zero-order valence-electron chi connectivity index (χ0n) is 10.6. The van der Waals surface area contributed by atoms with Gasteiger partial charge < -0.3 is 11.1 Å². The van der Waals surface area contributed by atoms with Crippen LogP contribution in [-0.2, 0) is 6.54 Å². The highest BCUT2D eigenvalue weighted by Crippen LogP contribution is 2.22. The van der Waals surface area contributed by atoms with Gasteiger partial charge in [-0.3, -0.25) is 0 Å². The number of rotatable bonds is 6. The Hall–Kier alpha value is -0.840. The zero-order chi connectivity index (χ0) is 12.1. The highest BCUT2D eigenvalue weighted by Gasteiger charge is 2.12. The van der Waals surface area contributed by atoms with Gasteiger partial charge in [0.25, 0.3) is 0 Å². The third kappa shape index (κ3) is 3.07. The molecule has 0 amide bonds. The van der Waals surface area contributed by atoms with E-state index in [1.807, 2.05) is 23.4 Å². The second-order valence-electron chi connectivity index (χ2n) is 4.00. The summed E-state index contributed by atoms with van der Waals surface area (Å²) in [4.78, 5) is 0. The molecule has 0 aromatic carbocycles. The van der Waals surface area contributed by atoms with Crippen LogP contribution in [0.2, 0.25) is 0 Å². The second kappa shape index (κ2) is 6.03. The van der Waals surface area contributed by atoms with E-state index >= 15 is 0 Å². The maximum Gasteiger partial charge on any atom is 0.148 e. The molecule has 0 bridgehead atoms. The van der Waals surface area contributed by atoms with Crippen molar-refractivity contribution in [1.82, 2.24) is 9.78 Å². The molecule has 0 aliphatic carbocycles. The van der Waals surface area contributed by atoms with Crippen LogP contribution in [0.4, 0.5) is 11.5 Å². The molecule has 1 aromatic heterocycles. The molecular weight excluding hydrogens is 220 g/mol. The molecule has 92 valence electrons. The van der Waals surface area contributed by atoms with Crippen molar-refractivity contribution in [1.29, 1.82) is 0 Å². The van der Waals surface area contributed by atoms with E-state index in [-0.39, 0.29) is 0 Å². The minimum absolute atomic E-state index is 0.574. The van der Waals surface area contributed by atoms with Gasteiger partial charge in [-0.2, -0.15) is 16.9 Å². The average molecular weight is 242 g/mol. The number of nitrogens with zero attached hydrogens (tertiary/aromatic N) is 2. The maximum atomic E-state index is 6.01. The summed E-state index contributed by atoms with van der Waals surface area (Å²) in [5.74, 6) is 0.972. The van der Waals surface area contributed by atoms with E-state index in [0.29, 0.717) is 5.25 Å². The van der Waals surface area contributed by atoms with Crippen LogP contribution in [0.3, 0.4) is 0 Å². The lowest BCUT2D eigenvalue weighted by Gasteiger charge is -2.13. The van der Waals surface area contributed by atoms with Crippen molar-refractivity contribution >= 4 is 23.3 Å². The fourth-order valence-corrected chi connectivity index (χ4v) is 1.73. The highest BCUT2D eigenvalue weighted by molar-refractivity contribution is 7.99. The summed E-state index contributed by atoms with van der Waals surface area (Å²) in [6.45, 7) is 8.11. The molecule has 1 heterocycles. The van der Waals surface area contributed by atoms with E-state index in [2.05, 4.69) is 30.5 Å². The molecular formula is C11H22N4S. The molecule has 1 rings (SSSR count). The molecule has 3 N–H and O–H groups in total. The largest absolute Gasteiger partial charge is 0.394 e. The highest BCUT2D eigenvalue weighted by atomic mass is 32.2. The molecule has 0 radical (unpaired) electrons. The van der Waals surface area contributed by atoms with Crippen LogP contribution in [0.25, 0.3) is 0 Å². The van der Waals surface area contributed by atoms with Gasteiger partial charge in [0.05, 0.1) is 11.4 Å². The first-order valence-electron chi connectivity index (χ1n) is 5.69. The Morgan fingerprint density at radius 3 is 2.81 bits per heavy atom. The van der Waals surface area contributed by atoms with Crippen LogP contribution >= 0.6 is 11.8 Å². The topological polar surface area (TPSA) is 55.9 Å². The zero-order valence-corrected chi connectivity index (χ0v) is 11.4. The van der Waals surface area contributed by atoms with Gasteiger partial charge in [-0.05, 0) is 19.6 Å². The monoisotopic (exact) mass is 242 g/mol. The molecule has 16 heavy (non-hydrogen) atoms. The van der Waals surface area contributed by atoms with E-state index in [1.165, 1.54) is 0 Å². The Balaban J connectivity index is 2.76. The third-order valence-electron chi connectivity index (χ3n) is 2.57. The maximum absolute atomic E-state index is 6.01. The number of anilines is 2. The van der Waals surface area contributed by atoms with Crippen LogP contribution < -0.4 is 11.1 Å². The average Bonchev–Trinajstić information content (AvgIpc) is 2.53. The first kappa shape index (κ1) is 13.2. The first-order chi connectivity index (χ1) is 7.60. The van der Waals surface area contributed by atoms with Gasteiger partial charge in [-0.15, -0.1) is 0 Å². The van der Waals surface area contributed by atoms with Crippen LogP contribution in [0.1, 0.15) is 26.0 Å². The summed E-state index contributed by atoms with van der Waals surface area (Å²) < 4.78 is 1.97. The summed E-state index contributed by atoms with van der Waals surface area (Å²) in [6, 6.07) is 0. The van der Waals surface area contributed by atoms with Crippen molar-refractivity contribution in [2.24, 2.45) is 0 Å². The Labute approximate surface area is 102 Å². The van der Waals surface area contributed by atoms with E-state index in [0.717, 1.165) is 36.7 Å². The molecule has 0 fully saturated rings. The van der Waals surface area contributed by atoms with Crippen molar-refractivity contribution in [3.05, 3.63) is 5.69 Å². The molecule has 0 spiro atoms. The van der Waals surface area contributed by atoms with Crippen LogP contribution in [0.15, 0.2) is 0 Å². The van der Waals surface area contributed by atoms with E-state index in [9.17, 15) is 0 Å². The number of hydrogen-bond donors (Lipinski definition) is 2. The predicted molar refractivity (Wildman–Crippen MR) is 73.1 cm³/mol. The van der Waals surface area contributed by atoms with E-state index in [4.69, 9.17) is 5.73 Å². The van der Waals surface area contributed by atoms with Crippen molar-refractivity contribution in [2.45, 2.75) is 39.0 Å². The van der Waals surface area contributed by atoms with Gasteiger partial charge in [0.1, 0.15) is 5.82 Å².